The van der Waals surface area contributed by atoms with Gasteiger partial charge >= 0.3 is 0 Å². The van der Waals surface area contributed by atoms with Gasteiger partial charge in [-0.15, -0.1) is 0 Å². The van der Waals surface area contributed by atoms with E-state index in [9.17, 15) is 9.18 Å². The lowest BCUT2D eigenvalue weighted by Crippen LogP contribution is -2.40. The third-order valence-corrected chi connectivity index (χ3v) is 5.91. The minimum atomic E-state index is -0.255. The van der Waals surface area contributed by atoms with Gasteiger partial charge in [0.15, 0.2) is 0 Å². The van der Waals surface area contributed by atoms with Crippen LogP contribution in [0.4, 0.5) is 4.39 Å². The molecule has 1 aromatic heterocycles. The van der Waals surface area contributed by atoms with E-state index in [0.29, 0.717) is 0 Å². The molecule has 31 heavy (non-hydrogen) atoms. The number of carbonyl (C=O) groups excluding carboxylic acids is 1. The second-order valence-corrected chi connectivity index (χ2v) is 8.37. The zero-order chi connectivity index (χ0) is 21.8. The number of nitrogens with zero attached hydrogens (tertiary/aromatic N) is 2. The molecule has 3 aromatic rings. The Hall–Kier alpha value is -3.14. The van der Waals surface area contributed by atoms with Gasteiger partial charge in [0.05, 0.1) is 11.4 Å². The summed E-state index contributed by atoms with van der Waals surface area (Å²) in [7, 11) is 0. The maximum atomic E-state index is 13.8. The predicted molar refractivity (Wildman–Crippen MR) is 126 cm³/mol. The van der Waals surface area contributed by atoms with E-state index in [-0.39, 0.29) is 11.7 Å². The number of aromatic nitrogens is 1. The van der Waals surface area contributed by atoms with Gasteiger partial charge in [0.25, 0.3) is 0 Å². The first-order valence-corrected chi connectivity index (χ1v) is 11.1. The van der Waals surface area contributed by atoms with Crippen LogP contribution >= 0.6 is 0 Å². The summed E-state index contributed by atoms with van der Waals surface area (Å²) in [5.41, 5.74) is 6.40. The van der Waals surface area contributed by atoms with E-state index in [1.54, 1.807) is 6.08 Å². The first kappa shape index (κ1) is 21.1. The van der Waals surface area contributed by atoms with E-state index in [1.807, 2.05) is 36.4 Å². The predicted octanol–water partition coefficient (Wildman–Crippen LogP) is 6.42. The third-order valence-electron chi connectivity index (χ3n) is 5.91. The molecule has 0 aliphatic carbocycles. The molecule has 2 heterocycles. The van der Waals surface area contributed by atoms with Gasteiger partial charge in [-0.05, 0) is 55.0 Å². The average molecular weight is 417 g/mol. The van der Waals surface area contributed by atoms with Crippen molar-refractivity contribution < 1.29 is 9.18 Å². The number of carbonyl (C=O) groups is 1. The molecule has 0 radical (unpaired) electrons. The van der Waals surface area contributed by atoms with Crippen LogP contribution in [0, 0.1) is 5.82 Å². The number of halogens is 1. The van der Waals surface area contributed by atoms with Crippen molar-refractivity contribution in [3.8, 4) is 22.4 Å². The summed E-state index contributed by atoms with van der Waals surface area (Å²) < 4.78 is 16.1. The molecule has 160 valence electrons. The van der Waals surface area contributed by atoms with E-state index in [1.165, 1.54) is 24.2 Å². The molecule has 0 N–H and O–H groups in total. The van der Waals surface area contributed by atoms with Crippen molar-refractivity contribution >= 4 is 12.4 Å². The van der Waals surface area contributed by atoms with Crippen LogP contribution in [0.3, 0.4) is 0 Å². The van der Waals surface area contributed by atoms with Gasteiger partial charge in [0, 0.05) is 29.8 Å². The fraction of sp³-hybridized carbons (Fsp3) is 0.296. The molecular weight excluding hydrogens is 387 g/mol. The van der Waals surface area contributed by atoms with Gasteiger partial charge in [-0.1, -0.05) is 56.3 Å². The fourth-order valence-corrected chi connectivity index (χ4v) is 4.60. The molecule has 0 amide bonds. The number of hydrogen-bond donors (Lipinski definition) is 0. The lowest BCUT2D eigenvalue weighted by atomic mass is 9.94. The zero-order valence-corrected chi connectivity index (χ0v) is 18.2. The minimum Gasteiger partial charge on any atom is -0.312 e. The van der Waals surface area contributed by atoms with Crippen LogP contribution < -0.4 is 5.01 Å². The lowest BCUT2D eigenvalue weighted by molar-refractivity contribution is -0.104. The SMILES string of the molecule is CC(C)c1c(C=CC=O)c(-c2ccc(F)cc2)c(-c2ccccc2)n1N1CCCCC1. The Morgan fingerprint density at radius 3 is 2.19 bits per heavy atom. The zero-order valence-electron chi connectivity index (χ0n) is 18.2. The molecule has 0 atom stereocenters. The third kappa shape index (κ3) is 4.20. The minimum absolute atomic E-state index is 0.241. The lowest BCUT2D eigenvalue weighted by Gasteiger charge is -2.34. The Bertz CT molecular complexity index is 1060. The maximum Gasteiger partial charge on any atom is 0.142 e. The van der Waals surface area contributed by atoms with E-state index in [2.05, 4.69) is 35.7 Å². The Labute approximate surface area is 183 Å². The summed E-state index contributed by atoms with van der Waals surface area (Å²) in [6, 6.07) is 17.0. The molecular formula is C27H29FN2O. The summed E-state index contributed by atoms with van der Waals surface area (Å²) in [4.78, 5) is 11.3. The summed E-state index contributed by atoms with van der Waals surface area (Å²) in [5.74, 6) is -0.0144. The quantitative estimate of drug-likeness (QED) is 0.342. The second kappa shape index (κ2) is 9.34. The van der Waals surface area contributed by atoms with Crippen LogP contribution in [0.5, 0.6) is 0 Å². The Kier molecular flexibility index (Phi) is 6.36. The topological polar surface area (TPSA) is 25.2 Å². The number of piperidine rings is 1. The van der Waals surface area contributed by atoms with Crippen LogP contribution in [0.2, 0.25) is 0 Å². The number of hydrogen-bond acceptors (Lipinski definition) is 2. The Morgan fingerprint density at radius 2 is 1.58 bits per heavy atom. The molecule has 4 rings (SSSR count). The average Bonchev–Trinajstić information content (AvgIpc) is 3.14. The van der Waals surface area contributed by atoms with Crippen LogP contribution in [-0.4, -0.2) is 24.1 Å². The van der Waals surface area contributed by atoms with Crippen LogP contribution in [0.1, 0.15) is 50.3 Å². The smallest absolute Gasteiger partial charge is 0.142 e. The summed E-state index contributed by atoms with van der Waals surface area (Å²) >= 11 is 0. The van der Waals surface area contributed by atoms with Gasteiger partial charge in [-0.2, -0.15) is 0 Å². The van der Waals surface area contributed by atoms with Crippen LogP contribution in [0.25, 0.3) is 28.5 Å². The van der Waals surface area contributed by atoms with Crippen molar-refractivity contribution in [3.63, 3.8) is 0 Å². The summed E-state index contributed by atoms with van der Waals surface area (Å²) in [5, 5.41) is 2.44. The molecule has 0 unspecified atom stereocenters. The highest BCUT2D eigenvalue weighted by Crippen LogP contribution is 2.43. The molecule has 1 aliphatic heterocycles. The first-order valence-electron chi connectivity index (χ1n) is 11.1. The van der Waals surface area contributed by atoms with E-state index >= 15 is 0 Å². The Morgan fingerprint density at radius 1 is 0.903 bits per heavy atom. The highest BCUT2D eigenvalue weighted by atomic mass is 19.1. The molecule has 4 heteroatoms. The van der Waals surface area contributed by atoms with E-state index in [0.717, 1.165) is 60.2 Å². The molecule has 1 aliphatic rings. The summed E-state index contributed by atoms with van der Waals surface area (Å²) in [6.07, 6.45) is 7.86. The highest BCUT2D eigenvalue weighted by Gasteiger charge is 2.28. The number of aldehydes is 1. The molecule has 2 aromatic carbocycles. The summed E-state index contributed by atoms with van der Waals surface area (Å²) in [6.45, 7) is 6.37. The largest absolute Gasteiger partial charge is 0.312 e. The molecule has 3 nitrogen and oxygen atoms in total. The molecule has 1 saturated heterocycles. The van der Waals surface area contributed by atoms with Gasteiger partial charge in [0.1, 0.15) is 12.1 Å². The molecule has 0 bridgehead atoms. The number of rotatable bonds is 6. The normalized spacial score (nSPS) is 14.5. The maximum absolute atomic E-state index is 13.8. The Balaban J connectivity index is 2.10. The fourth-order valence-electron chi connectivity index (χ4n) is 4.60. The number of benzene rings is 2. The van der Waals surface area contributed by atoms with Crippen molar-refractivity contribution in [2.24, 2.45) is 0 Å². The first-order chi connectivity index (χ1) is 15.1. The van der Waals surface area contributed by atoms with Crippen molar-refractivity contribution in [2.45, 2.75) is 39.0 Å². The van der Waals surface area contributed by atoms with Crippen molar-refractivity contribution in [1.82, 2.24) is 4.68 Å². The van der Waals surface area contributed by atoms with Gasteiger partial charge in [-0.3, -0.25) is 9.47 Å². The molecule has 0 spiro atoms. The van der Waals surface area contributed by atoms with Crippen LogP contribution in [-0.2, 0) is 4.79 Å². The van der Waals surface area contributed by atoms with Gasteiger partial charge in [0.2, 0.25) is 0 Å². The van der Waals surface area contributed by atoms with Crippen molar-refractivity contribution in [3.05, 3.63) is 77.7 Å². The van der Waals surface area contributed by atoms with E-state index in [4.69, 9.17) is 0 Å². The van der Waals surface area contributed by atoms with Gasteiger partial charge < -0.3 is 5.01 Å². The van der Waals surface area contributed by atoms with Crippen LogP contribution in [0.15, 0.2) is 60.7 Å². The van der Waals surface area contributed by atoms with E-state index < -0.39 is 0 Å². The van der Waals surface area contributed by atoms with Gasteiger partial charge in [-0.25, -0.2) is 4.39 Å². The second-order valence-electron chi connectivity index (χ2n) is 8.37. The molecule has 1 fully saturated rings. The monoisotopic (exact) mass is 416 g/mol. The number of allylic oxidation sites excluding steroid dienone is 1. The van der Waals surface area contributed by atoms with Crippen molar-refractivity contribution in [1.29, 1.82) is 0 Å². The standard InChI is InChI=1S/C27H29FN2O/c1-20(2)26-24(12-9-19-31)25(21-13-15-23(28)16-14-21)27(22-10-5-3-6-11-22)30(26)29-17-7-4-8-18-29/h3,5-6,9-16,19-20H,4,7-8,17-18H2,1-2H3. The van der Waals surface area contributed by atoms with Crippen molar-refractivity contribution in [2.75, 3.05) is 18.1 Å². The highest BCUT2D eigenvalue weighted by molar-refractivity contribution is 5.92. The molecule has 0 saturated carbocycles.